The summed E-state index contributed by atoms with van der Waals surface area (Å²) in [4.78, 5) is 2.44. The second kappa shape index (κ2) is 6.95. The van der Waals surface area contributed by atoms with Gasteiger partial charge in [-0.2, -0.15) is 0 Å². The molecule has 1 aromatic heterocycles. The van der Waals surface area contributed by atoms with Gasteiger partial charge in [-0.25, -0.2) is 8.78 Å². The number of likely N-dealkylation sites (N-methyl/N-ethyl adjacent to an activating group) is 1. The largest absolute Gasteiger partial charge is 0.310 e. The van der Waals surface area contributed by atoms with E-state index in [1.165, 1.54) is 23.1 Å². The van der Waals surface area contributed by atoms with Gasteiger partial charge in [0, 0.05) is 27.8 Å². The third-order valence-electron chi connectivity index (χ3n) is 3.27. The van der Waals surface area contributed by atoms with Crippen molar-refractivity contribution in [2.24, 2.45) is 0 Å². The Morgan fingerprint density at radius 2 is 1.70 bits per heavy atom. The zero-order valence-electron chi connectivity index (χ0n) is 11.7. The highest BCUT2D eigenvalue weighted by Gasteiger charge is 2.20. The van der Waals surface area contributed by atoms with Crippen molar-refractivity contribution >= 4 is 11.3 Å². The Labute approximate surface area is 122 Å². The zero-order valence-corrected chi connectivity index (χ0v) is 12.6. The van der Waals surface area contributed by atoms with E-state index in [0.717, 1.165) is 11.3 Å². The molecule has 1 unspecified atom stereocenters. The Morgan fingerprint density at radius 1 is 1.05 bits per heavy atom. The number of thiophene rings is 1. The van der Waals surface area contributed by atoms with Gasteiger partial charge in [0.1, 0.15) is 11.6 Å². The van der Waals surface area contributed by atoms with Crippen molar-refractivity contribution in [2.45, 2.75) is 32.7 Å². The summed E-state index contributed by atoms with van der Waals surface area (Å²) in [6, 6.07) is 7.83. The van der Waals surface area contributed by atoms with Crippen LogP contribution in [0.3, 0.4) is 0 Å². The van der Waals surface area contributed by atoms with Gasteiger partial charge in [0.05, 0.1) is 0 Å². The van der Waals surface area contributed by atoms with Gasteiger partial charge in [-0.15, -0.1) is 11.3 Å². The minimum absolute atomic E-state index is 0.140. The third-order valence-corrected chi connectivity index (χ3v) is 4.52. The molecule has 2 aromatic rings. The van der Waals surface area contributed by atoms with E-state index in [1.807, 2.05) is 13.0 Å². The van der Waals surface area contributed by atoms with Crippen molar-refractivity contribution in [3.63, 3.8) is 0 Å². The van der Waals surface area contributed by atoms with Crippen molar-refractivity contribution in [3.8, 4) is 0 Å². The van der Waals surface area contributed by atoms with Crippen LogP contribution in [0, 0.1) is 11.6 Å². The van der Waals surface area contributed by atoms with E-state index >= 15 is 0 Å². The van der Waals surface area contributed by atoms with Crippen molar-refractivity contribution < 1.29 is 8.78 Å². The Bertz CT molecular complexity index is 545. The van der Waals surface area contributed by atoms with Crippen LogP contribution >= 0.6 is 11.3 Å². The van der Waals surface area contributed by atoms with Gasteiger partial charge in [0.25, 0.3) is 0 Å². The summed E-state index contributed by atoms with van der Waals surface area (Å²) in [7, 11) is 0. The maximum Gasteiger partial charge on any atom is 0.130 e. The van der Waals surface area contributed by atoms with E-state index < -0.39 is 11.6 Å². The minimum atomic E-state index is -0.483. The molecule has 0 amide bonds. The fourth-order valence-electron chi connectivity index (χ4n) is 2.29. The monoisotopic (exact) mass is 295 g/mol. The molecule has 4 heteroatoms. The Balaban J connectivity index is 2.26. The van der Waals surface area contributed by atoms with Crippen LogP contribution in [0.25, 0.3) is 0 Å². The standard InChI is InChI=1S/C16H19F2NS/c1-3-11-8-9-12(20-11)10-15(19-4-2)16-13(17)6-5-7-14(16)18/h5-9,15,19H,3-4,10H2,1-2H3. The molecule has 0 aliphatic carbocycles. The third kappa shape index (κ3) is 3.44. The molecule has 20 heavy (non-hydrogen) atoms. The molecule has 2 rings (SSSR count). The summed E-state index contributed by atoms with van der Waals surface area (Å²) in [5.41, 5.74) is 0.140. The summed E-state index contributed by atoms with van der Waals surface area (Å²) >= 11 is 1.71. The average Bonchev–Trinajstić information content (AvgIpc) is 2.86. The summed E-state index contributed by atoms with van der Waals surface area (Å²) < 4.78 is 27.8. The molecule has 0 bridgehead atoms. The van der Waals surface area contributed by atoms with E-state index in [4.69, 9.17) is 0 Å². The molecule has 0 aliphatic rings. The lowest BCUT2D eigenvalue weighted by molar-refractivity contribution is 0.474. The Hall–Kier alpha value is -1.26. The maximum absolute atomic E-state index is 13.9. The lowest BCUT2D eigenvalue weighted by atomic mass is 10.0. The van der Waals surface area contributed by atoms with Crippen LogP contribution in [0.15, 0.2) is 30.3 Å². The lowest BCUT2D eigenvalue weighted by Crippen LogP contribution is -2.24. The Kier molecular flexibility index (Phi) is 5.26. The highest BCUT2D eigenvalue weighted by molar-refractivity contribution is 7.11. The van der Waals surface area contributed by atoms with Gasteiger partial charge in [-0.05, 0) is 37.2 Å². The minimum Gasteiger partial charge on any atom is -0.310 e. The van der Waals surface area contributed by atoms with Crippen LogP contribution in [0.4, 0.5) is 8.78 Å². The van der Waals surface area contributed by atoms with Crippen LogP contribution in [0.5, 0.6) is 0 Å². The number of aryl methyl sites for hydroxylation is 1. The fourth-order valence-corrected chi connectivity index (χ4v) is 3.29. The summed E-state index contributed by atoms with van der Waals surface area (Å²) in [5.74, 6) is -0.966. The van der Waals surface area contributed by atoms with Gasteiger partial charge in [0.2, 0.25) is 0 Å². The van der Waals surface area contributed by atoms with Crippen LogP contribution < -0.4 is 5.32 Å². The van der Waals surface area contributed by atoms with Crippen LogP contribution in [0.2, 0.25) is 0 Å². The first-order valence-corrected chi connectivity index (χ1v) is 7.72. The second-order valence-corrected chi connectivity index (χ2v) is 5.92. The summed E-state index contributed by atoms with van der Waals surface area (Å²) in [5, 5.41) is 3.18. The molecule has 1 aromatic carbocycles. The Morgan fingerprint density at radius 3 is 2.25 bits per heavy atom. The molecule has 0 fully saturated rings. The molecule has 1 atom stereocenters. The van der Waals surface area contributed by atoms with Crippen molar-refractivity contribution in [2.75, 3.05) is 6.54 Å². The molecule has 1 heterocycles. The molecule has 0 aliphatic heterocycles. The molecule has 0 saturated heterocycles. The molecule has 0 radical (unpaired) electrons. The SMILES string of the molecule is CCNC(Cc1ccc(CC)s1)c1c(F)cccc1F. The summed E-state index contributed by atoms with van der Waals surface area (Å²) in [6.07, 6.45) is 1.60. The lowest BCUT2D eigenvalue weighted by Gasteiger charge is -2.19. The van der Waals surface area contributed by atoms with Crippen molar-refractivity contribution in [1.29, 1.82) is 0 Å². The second-order valence-electron chi connectivity index (χ2n) is 4.67. The van der Waals surface area contributed by atoms with Crippen LogP contribution in [0.1, 0.15) is 35.2 Å². The highest BCUT2D eigenvalue weighted by atomic mass is 32.1. The molecule has 1 nitrogen and oxygen atoms in total. The van der Waals surface area contributed by atoms with Crippen LogP contribution in [-0.4, -0.2) is 6.54 Å². The number of hydrogen-bond acceptors (Lipinski definition) is 2. The van der Waals surface area contributed by atoms with Crippen LogP contribution in [-0.2, 0) is 12.8 Å². The quantitative estimate of drug-likeness (QED) is 0.828. The molecular formula is C16H19F2NS. The predicted molar refractivity (Wildman–Crippen MR) is 80.2 cm³/mol. The normalized spacial score (nSPS) is 12.6. The van der Waals surface area contributed by atoms with E-state index in [0.29, 0.717) is 13.0 Å². The number of nitrogens with one attached hydrogen (secondary N) is 1. The molecule has 1 N–H and O–H groups in total. The van der Waals surface area contributed by atoms with Gasteiger partial charge in [-0.3, -0.25) is 0 Å². The molecule has 0 spiro atoms. The molecule has 108 valence electrons. The van der Waals surface area contributed by atoms with Gasteiger partial charge in [-0.1, -0.05) is 19.9 Å². The fraction of sp³-hybridized carbons (Fsp3) is 0.375. The zero-order chi connectivity index (χ0) is 14.5. The van der Waals surface area contributed by atoms with Gasteiger partial charge < -0.3 is 5.32 Å². The highest BCUT2D eigenvalue weighted by Crippen LogP contribution is 2.27. The summed E-state index contributed by atoms with van der Waals surface area (Å²) in [6.45, 7) is 4.72. The average molecular weight is 295 g/mol. The first-order valence-electron chi connectivity index (χ1n) is 6.90. The van der Waals surface area contributed by atoms with E-state index in [-0.39, 0.29) is 11.6 Å². The van der Waals surface area contributed by atoms with E-state index in [2.05, 4.69) is 18.3 Å². The van der Waals surface area contributed by atoms with E-state index in [9.17, 15) is 8.78 Å². The number of rotatable bonds is 6. The number of benzene rings is 1. The topological polar surface area (TPSA) is 12.0 Å². The maximum atomic E-state index is 13.9. The molecule has 0 saturated carbocycles. The van der Waals surface area contributed by atoms with Crippen molar-refractivity contribution in [3.05, 3.63) is 57.3 Å². The smallest absolute Gasteiger partial charge is 0.130 e. The first kappa shape index (κ1) is 15.1. The first-order chi connectivity index (χ1) is 9.65. The molecular weight excluding hydrogens is 276 g/mol. The predicted octanol–water partition coefficient (Wildman–Crippen LogP) is 4.48. The number of halogens is 2. The van der Waals surface area contributed by atoms with E-state index in [1.54, 1.807) is 11.3 Å². The van der Waals surface area contributed by atoms with Gasteiger partial charge >= 0.3 is 0 Å². The van der Waals surface area contributed by atoms with Gasteiger partial charge in [0.15, 0.2) is 0 Å². The van der Waals surface area contributed by atoms with Crippen molar-refractivity contribution in [1.82, 2.24) is 5.32 Å². The number of hydrogen-bond donors (Lipinski definition) is 1.